The van der Waals surface area contributed by atoms with Crippen LogP contribution in [0, 0.1) is 0 Å². The minimum absolute atomic E-state index is 0.445. The van der Waals surface area contributed by atoms with Crippen LogP contribution < -0.4 is 4.74 Å². The van der Waals surface area contributed by atoms with Gasteiger partial charge in [-0.3, -0.25) is 0 Å². The normalized spacial score (nSPS) is 17.8. The highest BCUT2D eigenvalue weighted by Crippen LogP contribution is 2.37. The van der Waals surface area contributed by atoms with Crippen molar-refractivity contribution in [2.45, 2.75) is 10.1 Å². The summed E-state index contributed by atoms with van der Waals surface area (Å²) in [5.74, 6) is 2.71. The standard InChI is InChI=1S/C18H17N3OS3/c1-22-14-8-6-13(7-9-14)11-25-12-19-21-17(25)10-23-18-20-15-4-2-3-5-16(15)24-18/h2-9,12,25H,10-11H2,1H3. The fourth-order valence-corrected chi connectivity index (χ4v) is 6.54. The van der Waals surface area contributed by atoms with Crippen molar-refractivity contribution in [2.24, 2.45) is 10.2 Å². The summed E-state index contributed by atoms with van der Waals surface area (Å²) in [5, 5.41) is 9.71. The first kappa shape index (κ1) is 16.6. The van der Waals surface area contributed by atoms with E-state index in [1.54, 1.807) is 30.2 Å². The number of rotatable bonds is 6. The predicted molar refractivity (Wildman–Crippen MR) is 112 cm³/mol. The lowest BCUT2D eigenvalue weighted by Gasteiger charge is -2.14. The molecule has 7 heteroatoms. The van der Waals surface area contributed by atoms with Crippen molar-refractivity contribution in [3.05, 3.63) is 54.1 Å². The molecule has 2 aromatic carbocycles. The molecule has 1 aliphatic rings. The summed E-state index contributed by atoms with van der Waals surface area (Å²) in [5.41, 5.74) is 4.37. The van der Waals surface area contributed by atoms with Crippen LogP contribution in [0.1, 0.15) is 5.56 Å². The van der Waals surface area contributed by atoms with Gasteiger partial charge in [0.25, 0.3) is 0 Å². The maximum Gasteiger partial charge on any atom is 0.151 e. The zero-order chi connectivity index (χ0) is 17.1. The van der Waals surface area contributed by atoms with E-state index in [4.69, 9.17) is 4.74 Å². The molecule has 0 N–H and O–H groups in total. The smallest absolute Gasteiger partial charge is 0.151 e. The van der Waals surface area contributed by atoms with E-state index in [1.807, 2.05) is 23.7 Å². The Balaban J connectivity index is 1.39. The number of hydrogen-bond acceptors (Lipinski definition) is 6. The lowest BCUT2D eigenvalue weighted by molar-refractivity contribution is 0.414. The number of benzene rings is 2. The summed E-state index contributed by atoms with van der Waals surface area (Å²) in [6.07, 6.45) is 0. The third-order valence-corrected chi connectivity index (χ3v) is 8.21. The van der Waals surface area contributed by atoms with E-state index >= 15 is 0 Å². The van der Waals surface area contributed by atoms with Gasteiger partial charge in [-0.05, 0) is 29.8 Å². The molecule has 0 aliphatic carbocycles. The monoisotopic (exact) mass is 387 g/mol. The average molecular weight is 388 g/mol. The molecule has 4 nitrogen and oxygen atoms in total. The summed E-state index contributed by atoms with van der Waals surface area (Å²) in [7, 11) is 1.24. The van der Waals surface area contributed by atoms with Gasteiger partial charge in [-0.1, -0.05) is 36.0 Å². The quantitative estimate of drug-likeness (QED) is 0.481. The Labute approximate surface area is 157 Å². The van der Waals surface area contributed by atoms with Crippen LogP contribution in [0.3, 0.4) is 0 Å². The molecule has 0 saturated carbocycles. The summed E-state index contributed by atoms with van der Waals surface area (Å²) < 4.78 is 7.54. The van der Waals surface area contributed by atoms with Crippen LogP contribution in [-0.4, -0.2) is 28.4 Å². The van der Waals surface area contributed by atoms with Gasteiger partial charge in [0.15, 0.2) is 4.34 Å². The van der Waals surface area contributed by atoms with Crippen molar-refractivity contribution in [2.75, 3.05) is 12.9 Å². The van der Waals surface area contributed by atoms with Gasteiger partial charge in [-0.15, -0.1) is 16.4 Å². The molecule has 128 valence electrons. The number of thiol groups is 1. The van der Waals surface area contributed by atoms with Gasteiger partial charge < -0.3 is 4.74 Å². The molecular weight excluding hydrogens is 370 g/mol. The summed E-state index contributed by atoms with van der Waals surface area (Å²) >= 11 is 3.50. The summed E-state index contributed by atoms with van der Waals surface area (Å²) in [4.78, 5) is 4.68. The number of aromatic nitrogens is 1. The summed E-state index contributed by atoms with van der Waals surface area (Å²) in [6.45, 7) is 0. The van der Waals surface area contributed by atoms with Gasteiger partial charge in [0.05, 0.1) is 27.9 Å². The van der Waals surface area contributed by atoms with Gasteiger partial charge in [0.2, 0.25) is 0 Å². The molecule has 25 heavy (non-hydrogen) atoms. The zero-order valence-electron chi connectivity index (χ0n) is 13.6. The number of thiazole rings is 1. The summed E-state index contributed by atoms with van der Waals surface area (Å²) in [6, 6.07) is 16.5. The van der Waals surface area contributed by atoms with Crippen molar-refractivity contribution in [1.82, 2.24) is 4.98 Å². The molecule has 0 saturated heterocycles. The second kappa shape index (κ2) is 7.59. The number of fused-ring (bicyclic) bond motifs is 1. The topological polar surface area (TPSA) is 46.8 Å². The van der Waals surface area contributed by atoms with E-state index in [0.717, 1.165) is 27.1 Å². The highest BCUT2D eigenvalue weighted by molar-refractivity contribution is 8.40. The molecule has 0 bridgehead atoms. The molecular formula is C18H17N3OS3. The molecule has 4 rings (SSSR count). The highest BCUT2D eigenvalue weighted by atomic mass is 32.2. The van der Waals surface area contributed by atoms with E-state index < -0.39 is 10.9 Å². The van der Waals surface area contributed by atoms with Crippen LogP contribution >= 0.6 is 34.0 Å². The molecule has 1 aromatic heterocycles. The second-order valence-corrected chi connectivity index (χ2v) is 9.72. The lowest BCUT2D eigenvalue weighted by atomic mass is 10.2. The van der Waals surface area contributed by atoms with Crippen LogP contribution in [0.2, 0.25) is 0 Å². The second-order valence-electron chi connectivity index (χ2n) is 5.46. The van der Waals surface area contributed by atoms with Gasteiger partial charge in [-0.25, -0.2) is 4.98 Å². The van der Waals surface area contributed by atoms with Crippen LogP contribution in [0.25, 0.3) is 10.2 Å². The molecule has 0 spiro atoms. The molecule has 0 fully saturated rings. The SMILES string of the molecule is COc1ccc(C[SH]2C=NN=C2CSc2nc3ccccc3s2)cc1. The van der Waals surface area contributed by atoms with Gasteiger partial charge in [-0.2, -0.15) is 16.0 Å². The van der Waals surface area contributed by atoms with Gasteiger partial charge in [0, 0.05) is 11.5 Å². The van der Waals surface area contributed by atoms with Crippen LogP contribution in [0.15, 0.2) is 63.1 Å². The maximum atomic E-state index is 5.22. The Bertz CT molecular complexity index is 901. The van der Waals surface area contributed by atoms with E-state index in [1.165, 1.54) is 15.3 Å². The molecule has 2 heterocycles. The zero-order valence-corrected chi connectivity index (χ0v) is 16.2. The van der Waals surface area contributed by atoms with E-state index in [2.05, 4.69) is 45.5 Å². The van der Waals surface area contributed by atoms with E-state index in [9.17, 15) is 0 Å². The minimum atomic E-state index is -0.445. The Morgan fingerprint density at radius 2 is 1.96 bits per heavy atom. The fourth-order valence-electron chi connectivity index (χ4n) is 2.49. The van der Waals surface area contributed by atoms with Crippen LogP contribution in [-0.2, 0) is 5.75 Å². The third kappa shape index (κ3) is 3.89. The van der Waals surface area contributed by atoms with E-state index in [0.29, 0.717) is 0 Å². The lowest BCUT2D eigenvalue weighted by Crippen LogP contribution is -2.03. The van der Waals surface area contributed by atoms with Crippen molar-refractivity contribution in [3.8, 4) is 5.75 Å². The highest BCUT2D eigenvalue weighted by Gasteiger charge is 2.16. The van der Waals surface area contributed by atoms with Crippen molar-refractivity contribution in [3.63, 3.8) is 0 Å². The first-order chi connectivity index (χ1) is 12.3. The first-order valence-corrected chi connectivity index (χ1v) is 11.2. The Morgan fingerprint density at radius 3 is 2.76 bits per heavy atom. The van der Waals surface area contributed by atoms with Crippen molar-refractivity contribution < 1.29 is 4.74 Å². The molecule has 0 radical (unpaired) electrons. The Morgan fingerprint density at radius 1 is 1.12 bits per heavy atom. The fraction of sp³-hybridized carbons (Fsp3) is 0.167. The molecule has 3 aromatic rings. The number of nitrogens with zero attached hydrogens (tertiary/aromatic N) is 3. The van der Waals surface area contributed by atoms with Crippen molar-refractivity contribution >= 4 is 54.8 Å². The first-order valence-electron chi connectivity index (χ1n) is 7.80. The number of methoxy groups -OCH3 is 1. The number of hydrogen-bond donors (Lipinski definition) is 1. The van der Waals surface area contributed by atoms with Crippen molar-refractivity contribution in [1.29, 1.82) is 0 Å². The number of para-hydroxylation sites is 1. The van der Waals surface area contributed by atoms with Gasteiger partial charge in [0.1, 0.15) is 5.75 Å². The van der Waals surface area contributed by atoms with E-state index in [-0.39, 0.29) is 0 Å². The average Bonchev–Trinajstić information content (AvgIpc) is 3.26. The molecule has 1 aliphatic heterocycles. The molecule has 0 amide bonds. The largest absolute Gasteiger partial charge is 0.497 e. The van der Waals surface area contributed by atoms with Crippen LogP contribution in [0.5, 0.6) is 5.75 Å². The molecule has 1 atom stereocenters. The van der Waals surface area contributed by atoms with Gasteiger partial charge >= 0.3 is 0 Å². The predicted octanol–water partition coefficient (Wildman–Crippen LogP) is 4.95. The minimum Gasteiger partial charge on any atom is -0.497 e. The Hall–Kier alpha value is -1.83. The Kier molecular flexibility index (Phi) is 5.05. The maximum absolute atomic E-state index is 5.22. The number of thioether (sulfide) groups is 1. The third-order valence-electron chi connectivity index (χ3n) is 3.81. The molecule has 1 unspecified atom stereocenters. The van der Waals surface area contributed by atoms with Crippen LogP contribution in [0.4, 0.5) is 0 Å². The number of ether oxygens (including phenoxy) is 1.